The zero-order chi connectivity index (χ0) is 11.7. The maximum absolute atomic E-state index is 11.4. The molecule has 0 unspecified atom stereocenters. The quantitative estimate of drug-likeness (QED) is 0.498. The number of hydrogen-bond acceptors (Lipinski definition) is 4. The van der Waals surface area contributed by atoms with E-state index in [2.05, 4.69) is 10.3 Å². The number of nitrogens with one attached hydrogen (secondary N) is 1. The van der Waals surface area contributed by atoms with Gasteiger partial charge < -0.3 is 5.32 Å². The van der Waals surface area contributed by atoms with Gasteiger partial charge in [0.2, 0.25) is 11.7 Å². The number of nitro groups is 1. The highest BCUT2D eigenvalue weighted by atomic mass is 35.5. The summed E-state index contributed by atoms with van der Waals surface area (Å²) in [5, 5.41) is 13.2. The van der Waals surface area contributed by atoms with Crippen LogP contribution >= 0.6 is 11.6 Å². The van der Waals surface area contributed by atoms with Crippen molar-refractivity contribution < 1.29 is 9.72 Å². The van der Waals surface area contributed by atoms with E-state index in [1.807, 2.05) is 0 Å². The molecule has 1 aromatic rings. The first kappa shape index (κ1) is 10.8. The minimum atomic E-state index is -0.605. The van der Waals surface area contributed by atoms with Crippen LogP contribution in [-0.4, -0.2) is 15.8 Å². The number of amides is 1. The molecule has 1 heterocycles. The van der Waals surface area contributed by atoms with Crippen LogP contribution in [0.3, 0.4) is 0 Å². The Bertz CT molecular complexity index is 459. The third kappa shape index (κ3) is 2.27. The lowest BCUT2D eigenvalue weighted by atomic mass is 10.3. The number of aromatic nitrogens is 1. The Labute approximate surface area is 95.8 Å². The predicted octanol–water partition coefficient (Wildman–Crippen LogP) is 1.99. The number of carbonyl (C=O) groups excluding carboxylic acids is 1. The standard InChI is InChI=1S/C9H8ClN3O3/c10-7-4-3-6(13(15)16)8(11-7)12-9(14)5-1-2-5/h3-5H,1-2H2,(H,11,12,14). The number of anilines is 1. The van der Waals surface area contributed by atoms with Crippen molar-refractivity contribution >= 4 is 29.0 Å². The van der Waals surface area contributed by atoms with Crippen molar-refractivity contribution in [3.8, 4) is 0 Å². The summed E-state index contributed by atoms with van der Waals surface area (Å²) < 4.78 is 0. The number of nitrogens with zero attached hydrogens (tertiary/aromatic N) is 2. The van der Waals surface area contributed by atoms with Crippen molar-refractivity contribution in [3.63, 3.8) is 0 Å². The fourth-order valence-electron chi connectivity index (χ4n) is 1.23. The number of carbonyl (C=O) groups is 1. The largest absolute Gasteiger partial charge is 0.311 e. The highest BCUT2D eigenvalue weighted by Crippen LogP contribution is 2.31. The molecule has 1 N–H and O–H groups in total. The molecule has 16 heavy (non-hydrogen) atoms. The summed E-state index contributed by atoms with van der Waals surface area (Å²) in [4.78, 5) is 25.2. The molecule has 0 saturated heterocycles. The third-order valence-corrected chi connectivity index (χ3v) is 2.44. The average Bonchev–Trinajstić information content (AvgIpc) is 2.99. The van der Waals surface area contributed by atoms with Gasteiger partial charge in [0.15, 0.2) is 0 Å². The lowest BCUT2D eigenvalue weighted by Crippen LogP contribution is -2.15. The van der Waals surface area contributed by atoms with Crippen molar-refractivity contribution in [1.29, 1.82) is 0 Å². The highest BCUT2D eigenvalue weighted by molar-refractivity contribution is 6.29. The van der Waals surface area contributed by atoms with Gasteiger partial charge in [-0.15, -0.1) is 0 Å². The highest BCUT2D eigenvalue weighted by Gasteiger charge is 2.31. The molecule has 1 saturated carbocycles. The smallest absolute Gasteiger partial charge is 0.305 e. The first-order valence-corrected chi connectivity index (χ1v) is 5.07. The van der Waals surface area contributed by atoms with E-state index in [1.54, 1.807) is 0 Å². The molecule has 84 valence electrons. The number of halogens is 1. The van der Waals surface area contributed by atoms with E-state index in [9.17, 15) is 14.9 Å². The van der Waals surface area contributed by atoms with Crippen molar-refractivity contribution in [1.82, 2.24) is 4.98 Å². The Morgan fingerprint density at radius 3 is 2.81 bits per heavy atom. The Morgan fingerprint density at radius 2 is 2.25 bits per heavy atom. The van der Waals surface area contributed by atoms with Gasteiger partial charge in [-0.05, 0) is 18.9 Å². The van der Waals surface area contributed by atoms with Gasteiger partial charge >= 0.3 is 5.69 Å². The van der Waals surface area contributed by atoms with Crippen molar-refractivity contribution in [3.05, 3.63) is 27.4 Å². The molecule has 6 nitrogen and oxygen atoms in total. The van der Waals surface area contributed by atoms with Crippen molar-refractivity contribution in [2.24, 2.45) is 5.92 Å². The molecule has 0 spiro atoms. The van der Waals surface area contributed by atoms with Crippen LogP contribution in [0, 0.1) is 16.0 Å². The van der Waals surface area contributed by atoms with E-state index in [0.29, 0.717) is 0 Å². The molecule has 0 radical (unpaired) electrons. The van der Waals surface area contributed by atoms with Crippen LogP contribution in [0.15, 0.2) is 12.1 Å². The Hall–Kier alpha value is -1.69. The molecule has 0 aliphatic heterocycles. The van der Waals surface area contributed by atoms with Crippen LogP contribution in [0.1, 0.15) is 12.8 Å². The number of rotatable bonds is 3. The SMILES string of the molecule is O=C(Nc1nc(Cl)ccc1[N+](=O)[O-])C1CC1. The van der Waals surface area contributed by atoms with E-state index in [4.69, 9.17) is 11.6 Å². The summed E-state index contributed by atoms with van der Waals surface area (Å²) in [7, 11) is 0. The zero-order valence-corrected chi connectivity index (χ0v) is 8.90. The van der Waals surface area contributed by atoms with Crippen LogP contribution in [0.25, 0.3) is 0 Å². The van der Waals surface area contributed by atoms with Crippen LogP contribution in [-0.2, 0) is 4.79 Å². The molecule has 1 aliphatic carbocycles. The number of hydrogen-bond donors (Lipinski definition) is 1. The van der Waals surface area contributed by atoms with Gasteiger partial charge in [0.25, 0.3) is 0 Å². The van der Waals surface area contributed by atoms with Gasteiger partial charge in [-0.25, -0.2) is 4.98 Å². The molecule has 1 fully saturated rings. The summed E-state index contributed by atoms with van der Waals surface area (Å²) in [6.07, 6.45) is 1.64. The minimum Gasteiger partial charge on any atom is -0.305 e. The van der Waals surface area contributed by atoms with E-state index < -0.39 is 4.92 Å². The van der Waals surface area contributed by atoms with Gasteiger partial charge in [0, 0.05) is 12.0 Å². The Kier molecular flexibility index (Phi) is 2.74. The third-order valence-electron chi connectivity index (χ3n) is 2.23. The van der Waals surface area contributed by atoms with Gasteiger partial charge in [-0.2, -0.15) is 0 Å². The summed E-state index contributed by atoms with van der Waals surface area (Å²) >= 11 is 5.62. The average molecular weight is 242 g/mol. The summed E-state index contributed by atoms with van der Waals surface area (Å²) in [5.74, 6) is -0.368. The lowest BCUT2D eigenvalue weighted by Gasteiger charge is -2.04. The van der Waals surface area contributed by atoms with Crippen molar-refractivity contribution in [2.45, 2.75) is 12.8 Å². The Morgan fingerprint density at radius 1 is 1.56 bits per heavy atom. The number of pyridine rings is 1. The molecular formula is C9H8ClN3O3. The molecule has 2 rings (SSSR count). The zero-order valence-electron chi connectivity index (χ0n) is 8.14. The minimum absolute atomic E-state index is 0.0413. The van der Waals surface area contributed by atoms with Crippen LogP contribution in [0.5, 0.6) is 0 Å². The van der Waals surface area contributed by atoms with Gasteiger partial charge in [-0.3, -0.25) is 14.9 Å². The summed E-state index contributed by atoms with van der Waals surface area (Å²) in [5.41, 5.74) is -0.251. The normalized spacial score (nSPS) is 14.6. The molecule has 1 amide bonds. The van der Waals surface area contributed by atoms with Crippen LogP contribution in [0.2, 0.25) is 5.15 Å². The van der Waals surface area contributed by atoms with E-state index in [0.717, 1.165) is 12.8 Å². The van der Waals surface area contributed by atoms with E-state index in [-0.39, 0.29) is 28.5 Å². The Balaban J connectivity index is 2.26. The predicted molar refractivity (Wildman–Crippen MR) is 57.3 cm³/mol. The van der Waals surface area contributed by atoms with Crippen LogP contribution < -0.4 is 5.32 Å². The first-order valence-electron chi connectivity index (χ1n) is 4.69. The second-order valence-electron chi connectivity index (χ2n) is 3.52. The van der Waals surface area contributed by atoms with Gasteiger partial charge in [-0.1, -0.05) is 11.6 Å². The molecular weight excluding hydrogens is 234 g/mol. The van der Waals surface area contributed by atoms with Crippen LogP contribution in [0.4, 0.5) is 11.5 Å². The maximum Gasteiger partial charge on any atom is 0.311 e. The summed E-state index contributed by atoms with van der Waals surface area (Å²) in [6.45, 7) is 0. The molecule has 0 bridgehead atoms. The monoisotopic (exact) mass is 241 g/mol. The topological polar surface area (TPSA) is 85.1 Å². The molecule has 0 aromatic carbocycles. The van der Waals surface area contributed by atoms with E-state index >= 15 is 0 Å². The molecule has 7 heteroatoms. The van der Waals surface area contributed by atoms with Gasteiger partial charge in [0.1, 0.15) is 5.15 Å². The second kappa shape index (κ2) is 4.05. The molecule has 1 aliphatic rings. The van der Waals surface area contributed by atoms with E-state index in [1.165, 1.54) is 12.1 Å². The van der Waals surface area contributed by atoms with Crippen molar-refractivity contribution in [2.75, 3.05) is 5.32 Å². The maximum atomic E-state index is 11.4. The molecule has 0 atom stereocenters. The fourth-order valence-corrected chi connectivity index (χ4v) is 1.38. The molecule has 1 aromatic heterocycles. The van der Waals surface area contributed by atoms with Gasteiger partial charge in [0.05, 0.1) is 4.92 Å². The lowest BCUT2D eigenvalue weighted by molar-refractivity contribution is -0.384. The first-order chi connectivity index (χ1) is 7.58. The summed E-state index contributed by atoms with van der Waals surface area (Å²) in [6, 6.07) is 2.53. The second-order valence-corrected chi connectivity index (χ2v) is 3.91. The fraction of sp³-hybridized carbons (Fsp3) is 0.333.